The third-order valence-electron chi connectivity index (χ3n) is 3.74. The van der Waals surface area contributed by atoms with Crippen LogP contribution in [0.5, 0.6) is 5.75 Å². The Hall–Kier alpha value is -2.30. The Labute approximate surface area is 131 Å². The third kappa shape index (κ3) is 3.67. The van der Waals surface area contributed by atoms with Crippen LogP contribution in [-0.4, -0.2) is 47.9 Å². The van der Waals surface area contributed by atoms with Gasteiger partial charge in [0.05, 0.1) is 6.54 Å². The van der Waals surface area contributed by atoms with Crippen molar-refractivity contribution < 1.29 is 14.3 Å². The summed E-state index contributed by atoms with van der Waals surface area (Å²) in [5.74, 6) is 0.531. The van der Waals surface area contributed by atoms with Crippen LogP contribution in [0.15, 0.2) is 30.9 Å². The monoisotopic (exact) mass is 302 g/mol. The van der Waals surface area contributed by atoms with Gasteiger partial charge in [-0.3, -0.25) is 9.59 Å². The van der Waals surface area contributed by atoms with E-state index < -0.39 is 0 Å². The molecule has 0 radical (unpaired) electrons. The van der Waals surface area contributed by atoms with Crippen LogP contribution in [0.1, 0.15) is 18.1 Å². The molecule has 0 saturated carbocycles. The molecule has 0 spiro atoms. The van der Waals surface area contributed by atoms with Gasteiger partial charge in [0.2, 0.25) is 11.8 Å². The summed E-state index contributed by atoms with van der Waals surface area (Å²) in [7, 11) is 0. The van der Waals surface area contributed by atoms with E-state index in [0.717, 1.165) is 16.9 Å². The Kier molecular flexibility index (Phi) is 5.20. The Morgan fingerprint density at radius 1 is 1.45 bits per heavy atom. The molecular weight excluding hydrogens is 280 g/mol. The van der Waals surface area contributed by atoms with E-state index in [1.807, 2.05) is 32.0 Å². The fourth-order valence-electron chi connectivity index (χ4n) is 2.47. The van der Waals surface area contributed by atoms with Gasteiger partial charge in [-0.2, -0.15) is 0 Å². The molecule has 1 aliphatic rings. The highest BCUT2D eigenvalue weighted by molar-refractivity contribution is 5.90. The van der Waals surface area contributed by atoms with Crippen molar-refractivity contribution >= 4 is 11.8 Å². The minimum atomic E-state index is -0.224. The normalized spacial score (nSPS) is 13.6. The lowest BCUT2D eigenvalue weighted by molar-refractivity contribution is -0.138. The summed E-state index contributed by atoms with van der Waals surface area (Å²) < 4.78 is 5.69. The maximum atomic E-state index is 12.5. The van der Waals surface area contributed by atoms with Crippen LogP contribution in [0.25, 0.3) is 0 Å². The lowest BCUT2D eigenvalue weighted by atomic mass is 10.1. The summed E-state index contributed by atoms with van der Waals surface area (Å²) in [5, 5.41) is 0. The van der Waals surface area contributed by atoms with Crippen LogP contribution in [0.2, 0.25) is 0 Å². The Balaban J connectivity index is 2.10. The van der Waals surface area contributed by atoms with Gasteiger partial charge in [0, 0.05) is 18.7 Å². The van der Waals surface area contributed by atoms with Crippen LogP contribution >= 0.6 is 0 Å². The highest BCUT2D eigenvalue weighted by Crippen LogP contribution is 2.24. The highest BCUT2D eigenvalue weighted by Gasteiger charge is 2.22. The van der Waals surface area contributed by atoms with Crippen LogP contribution in [-0.2, 0) is 16.1 Å². The van der Waals surface area contributed by atoms with Crippen molar-refractivity contribution in [1.29, 1.82) is 0 Å². The molecular formula is C17H22N2O3. The molecule has 0 N–H and O–H groups in total. The molecule has 0 aromatic heterocycles. The van der Waals surface area contributed by atoms with E-state index in [-0.39, 0.29) is 18.4 Å². The molecule has 0 atom stereocenters. The molecule has 1 aromatic carbocycles. The molecule has 0 unspecified atom stereocenters. The molecule has 2 rings (SSSR count). The lowest BCUT2D eigenvalue weighted by Gasteiger charge is -2.25. The third-order valence-corrected chi connectivity index (χ3v) is 3.74. The zero-order chi connectivity index (χ0) is 16.1. The molecule has 22 heavy (non-hydrogen) atoms. The topological polar surface area (TPSA) is 49.9 Å². The fraction of sp³-hybridized carbons (Fsp3) is 0.412. The average Bonchev–Trinajstić information content (AvgIpc) is 2.73. The molecule has 2 amide bonds. The summed E-state index contributed by atoms with van der Waals surface area (Å²) in [6, 6.07) is 5.98. The van der Waals surface area contributed by atoms with Crippen LogP contribution in [0, 0.1) is 6.92 Å². The minimum Gasteiger partial charge on any atom is -0.491 e. The number of benzene rings is 1. The summed E-state index contributed by atoms with van der Waals surface area (Å²) in [4.78, 5) is 27.4. The first-order valence-corrected chi connectivity index (χ1v) is 7.46. The van der Waals surface area contributed by atoms with Crippen molar-refractivity contribution in [2.75, 3.05) is 26.2 Å². The smallest absolute Gasteiger partial charge is 0.246 e. The van der Waals surface area contributed by atoms with Crippen molar-refractivity contribution in [3.63, 3.8) is 0 Å². The summed E-state index contributed by atoms with van der Waals surface area (Å²) in [6.45, 7) is 9.37. The number of fused-ring (bicyclic) bond motifs is 1. The zero-order valence-electron chi connectivity index (χ0n) is 13.2. The number of nitrogens with zero attached hydrogens (tertiary/aromatic N) is 2. The maximum absolute atomic E-state index is 12.5. The Bertz CT molecular complexity index is 583. The van der Waals surface area contributed by atoms with Gasteiger partial charge in [0.25, 0.3) is 0 Å². The SMILES string of the molecule is C=CC(=O)N(CC)CC(=O)N1CCOc2ccc(C)cc2C1. The van der Waals surface area contributed by atoms with Crippen molar-refractivity contribution in [2.24, 2.45) is 0 Å². The van der Waals surface area contributed by atoms with E-state index in [9.17, 15) is 9.59 Å². The minimum absolute atomic E-state index is 0.0719. The standard InChI is InChI=1S/C17H22N2O3/c1-4-16(20)18(5-2)12-17(21)19-8-9-22-15-7-6-13(3)10-14(15)11-19/h4,6-7,10H,1,5,8-9,11-12H2,2-3H3. The predicted octanol–water partition coefficient (Wildman–Crippen LogP) is 1.75. The maximum Gasteiger partial charge on any atom is 0.246 e. The van der Waals surface area contributed by atoms with Crippen LogP contribution in [0.4, 0.5) is 0 Å². The second-order valence-electron chi connectivity index (χ2n) is 5.33. The van der Waals surface area contributed by atoms with Crippen LogP contribution in [0.3, 0.4) is 0 Å². The summed E-state index contributed by atoms with van der Waals surface area (Å²) in [6.07, 6.45) is 1.24. The van der Waals surface area contributed by atoms with Crippen molar-refractivity contribution in [2.45, 2.75) is 20.4 Å². The number of ether oxygens (including phenoxy) is 1. The first-order chi connectivity index (χ1) is 10.5. The quantitative estimate of drug-likeness (QED) is 0.796. The molecule has 5 nitrogen and oxygen atoms in total. The van der Waals surface area contributed by atoms with Crippen LogP contribution < -0.4 is 4.74 Å². The van der Waals surface area contributed by atoms with Crippen molar-refractivity contribution in [1.82, 2.24) is 9.80 Å². The van der Waals surface area contributed by atoms with Gasteiger partial charge >= 0.3 is 0 Å². The summed E-state index contributed by atoms with van der Waals surface area (Å²) >= 11 is 0. The Morgan fingerprint density at radius 3 is 2.91 bits per heavy atom. The number of hydrogen-bond acceptors (Lipinski definition) is 3. The molecule has 1 aliphatic heterocycles. The lowest BCUT2D eigenvalue weighted by Crippen LogP contribution is -2.42. The second kappa shape index (κ2) is 7.11. The second-order valence-corrected chi connectivity index (χ2v) is 5.33. The highest BCUT2D eigenvalue weighted by atomic mass is 16.5. The van der Waals surface area contributed by atoms with Gasteiger partial charge in [-0.15, -0.1) is 0 Å². The molecule has 0 aliphatic carbocycles. The average molecular weight is 302 g/mol. The van der Waals surface area contributed by atoms with E-state index in [4.69, 9.17) is 4.74 Å². The van der Waals surface area contributed by atoms with E-state index in [0.29, 0.717) is 26.2 Å². The zero-order valence-corrected chi connectivity index (χ0v) is 13.2. The van der Waals surface area contributed by atoms with Gasteiger partial charge < -0.3 is 14.5 Å². The van der Waals surface area contributed by atoms with Gasteiger partial charge in [-0.1, -0.05) is 24.3 Å². The number of carbonyl (C=O) groups excluding carboxylic acids is 2. The van der Waals surface area contributed by atoms with E-state index in [1.165, 1.54) is 11.0 Å². The van der Waals surface area contributed by atoms with E-state index >= 15 is 0 Å². The molecule has 0 fully saturated rings. The van der Waals surface area contributed by atoms with Gasteiger partial charge in [-0.25, -0.2) is 0 Å². The summed E-state index contributed by atoms with van der Waals surface area (Å²) in [5.41, 5.74) is 2.14. The first kappa shape index (κ1) is 16.1. The number of aryl methyl sites for hydroxylation is 1. The Morgan fingerprint density at radius 2 is 2.23 bits per heavy atom. The molecule has 5 heteroatoms. The number of likely N-dealkylation sites (N-methyl/N-ethyl adjacent to an activating group) is 1. The van der Waals surface area contributed by atoms with E-state index in [1.54, 1.807) is 4.90 Å². The van der Waals surface area contributed by atoms with Crippen molar-refractivity contribution in [3.8, 4) is 5.75 Å². The molecule has 1 heterocycles. The van der Waals surface area contributed by atoms with Gasteiger partial charge in [0.1, 0.15) is 18.9 Å². The number of carbonyl (C=O) groups is 2. The predicted molar refractivity (Wildman–Crippen MR) is 84.5 cm³/mol. The number of rotatable bonds is 4. The molecule has 0 bridgehead atoms. The molecule has 118 valence electrons. The number of hydrogen-bond donors (Lipinski definition) is 0. The molecule has 1 aromatic rings. The fourth-order valence-corrected chi connectivity index (χ4v) is 2.47. The van der Waals surface area contributed by atoms with Gasteiger partial charge in [0.15, 0.2) is 0 Å². The van der Waals surface area contributed by atoms with E-state index in [2.05, 4.69) is 6.58 Å². The molecule has 0 saturated heterocycles. The largest absolute Gasteiger partial charge is 0.491 e. The van der Waals surface area contributed by atoms with Crippen molar-refractivity contribution in [3.05, 3.63) is 42.0 Å². The van der Waals surface area contributed by atoms with Gasteiger partial charge in [-0.05, 0) is 26.0 Å². The first-order valence-electron chi connectivity index (χ1n) is 7.46. The number of amides is 2.